The lowest BCUT2D eigenvalue weighted by molar-refractivity contribution is -0.0501. The van der Waals surface area contributed by atoms with Crippen molar-refractivity contribution in [1.82, 2.24) is 14.5 Å². The Morgan fingerprint density at radius 2 is 2.24 bits per heavy atom. The third-order valence-electron chi connectivity index (χ3n) is 2.33. The number of esters is 1. The molecule has 0 N–H and O–H groups in total. The first-order chi connectivity index (χ1) is 10.0. The molecule has 0 unspecified atom stereocenters. The molecule has 9 heteroatoms. The molecule has 0 fully saturated rings. The largest absolute Gasteiger partial charge is 0.461 e. The molecule has 0 aromatic carbocycles. The molecule has 0 radical (unpaired) electrons. The van der Waals surface area contributed by atoms with Crippen LogP contribution in [0.5, 0.6) is 5.75 Å². The summed E-state index contributed by atoms with van der Waals surface area (Å²) < 4.78 is 35.8. The summed E-state index contributed by atoms with van der Waals surface area (Å²) in [5, 5.41) is 0. The van der Waals surface area contributed by atoms with E-state index in [9.17, 15) is 13.6 Å². The van der Waals surface area contributed by atoms with Gasteiger partial charge in [-0.3, -0.25) is 4.57 Å². The molecule has 0 saturated carbocycles. The van der Waals surface area contributed by atoms with Crippen LogP contribution in [0.25, 0.3) is 5.82 Å². The molecule has 0 saturated heterocycles. The maximum Gasteiger partial charge on any atom is 0.387 e. The number of halogens is 3. The van der Waals surface area contributed by atoms with E-state index >= 15 is 0 Å². The highest BCUT2D eigenvalue weighted by molar-refractivity contribution is 9.10. The zero-order valence-corrected chi connectivity index (χ0v) is 12.4. The van der Waals surface area contributed by atoms with Gasteiger partial charge in [0, 0.05) is 22.9 Å². The van der Waals surface area contributed by atoms with E-state index in [1.165, 1.54) is 29.4 Å². The van der Waals surface area contributed by atoms with E-state index in [1.54, 1.807) is 6.92 Å². The van der Waals surface area contributed by atoms with E-state index in [4.69, 9.17) is 4.74 Å². The van der Waals surface area contributed by atoms with Crippen molar-refractivity contribution in [2.45, 2.75) is 13.5 Å². The van der Waals surface area contributed by atoms with Gasteiger partial charge < -0.3 is 9.47 Å². The first-order valence-electron chi connectivity index (χ1n) is 5.83. The highest BCUT2D eigenvalue weighted by atomic mass is 79.9. The summed E-state index contributed by atoms with van der Waals surface area (Å²) in [5.41, 5.74) is 0.0459. The quantitative estimate of drug-likeness (QED) is 0.766. The second-order valence-corrected chi connectivity index (χ2v) is 4.66. The summed E-state index contributed by atoms with van der Waals surface area (Å²) in [5.74, 6) is -0.668. The lowest BCUT2D eigenvalue weighted by Gasteiger charge is -2.10. The van der Waals surface area contributed by atoms with Crippen molar-refractivity contribution in [2.24, 2.45) is 0 Å². The molecule has 0 aliphatic carbocycles. The third kappa shape index (κ3) is 3.75. The number of rotatable bonds is 5. The summed E-state index contributed by atoms with van der Waals surface area (Å²) in [6.07, 6.45) is 4.01. The van der Waals surface area contributed by atoms with Crippen molar-refractivity contribution in [3.63, 3.8) is 0 Å². The Hall–Kier alpha value is -2.03. The number of ether oxygens (including phenoxy) is 2. The summed E-state index contributed by atoms with van der Waals surface area (Å²) in [6.45, 7) is -1.12. The van der Waals surface area contributed by atoms with Crippen molar-refractivity contribution >= 4 is 21.9 Å². The maximum atomic E-state index is 12.4. The SMILES string of the molecule is CCOC(=O)c1cn(-c2ncc(Br)cc2OC(F)F)cn1. The molecular weight excluding hydrogens is 352 g/mol. The van der Waals surface area contributed by atoms with E-state index in [2.05, 4.69) is 30.6 Å². The van der Waals surface area contributed by atoms with Crippen molar-refractivity contribution in [1.29, 1.82) is 0 Å². The van der Waals surface area contributed by atoms with Crippen LogP contribution in [-0.4, -0.2) is 33.7 Å². The van der Waals surface area contributed by atoms with Gasteiger partial charge in [-0.15, -0.1) is 0 Å². The molecule has 0 bridgehead atoms. The summed E-state index contributed by atoms with van der Waals surface area (Å²) in [6, 6.07) is 1.35. The first-order valence-corrected chi connectivity index (χ1v) is 6.62. The molecule has 0 atom stereocenters. The van der Waals surface area contributed by atoms with Gasteiger partial charge in [0.05, 0.1) is 6.61 Å². The number of nitrogens with zero attached hydrogens (tertiary/aromatic N) is 3. The molecule has 2 aromatic rings. The van der Waals surface area contributed by atoms with Gasteiger partial charge >= 0.3 is 12.6 Å². The van der Waals surface area contributed by atoms with Crippen LogP contribution in [0.15, 0.2) is 29.3 Å². The fraction of sp³-hybridized carbons (Fsp3) is 0.250. The Bertz CT molecular complexity index is 648. The average molecular weight is 362 g/mol. The summed E-state index contributed by atoms with van der Waals surface area (Å²) in [4.78, 5) is 19.4. The number of hydrogen-bond donors (Lipinski definition) is 0. The van der Waals surface area contributed by atoms with E-state index in [1.807, 2.05) is 0 Å². The molecule has 0 spiro atoms. The minimum absolute atomic E-state index is 0.0459. The number of carbonyl (C=O) groups is 1. The fourth-order valence-corrected chi connectivity index (χ4v) is 1.85. The lowest BCUT2D eigenvalue weighted by atomic mass is 10.4. The van der Waals surface area contributed by atoms with Gasteiger partial charge in [0.2, 0.25) is 0 Å². The molecule has 0 aliphatic rings. The third-order valence-corrected chi connectivity index (χ3v) is 2.76. The zero-order chi connectivity index (χ0) is 15.4. The zero-order valence-electron chi connectivity index (χ0n) is 10.8. The Morgan fingerprint density at radius 3 is 2.90 bits per heavy atom. The highest BCUT2D eigenvalue weighted by Gasteiger charge is 2.16. The summed E-state index contributed by atoms with van der Waals surface area (Å²) in [7, 11) is 0. The number of aromatic nitrogens is 3. The Labute approximate surface area is 126 Å². The average Bonchev–Trinajstić information content (AvgIpc) is 2.88. The number of carbonyl (C=O) groups excluding carboxylic acids is 1. The number of alkyl halides is 2. The Kier molecular flexibility index (Phi) is 4.84. The van der Waals surface area contributed by atoms with Gasteiger partial charge in [0.1, 0.15) is 6.33 Å². The molecule has 0 amide bonds. The standard InChI is InChI=1S/C12H10BrF2N3O3/c1-2-20-11(19)8-5-18(6-17-8)10-9(21-12(14)15)3-7(13)4-16-10/h3-6,12H,2H2,1H3. The second-order valence-electron chi connectivity index (χ2n) is 3.74. The van der Waals surface area contributed by atoms with Crippen LogP contribution >= 0.6 is 15.9 Å². The van der Waals surface area contributed by atoms with Crippen LogP contribution in [-0.2, 0) is 4.74 Å². The first kappa shape index (κ1) is 15.4. The molecule has 2 aromatic heterocycles. The van der Waals surface area contributed by atoms with Crippen molar-refractivity contribution in [3.8, 4) is 11.6 Å². The molecular formula is C12H10BrF2N3O3. The smallest absolute Gasteiger partial charge is 0.387 e. The highest BCUT2D eigenvalue weighted by Crippen LogP contribution is 2.26. The van der Waals surface area contributed by atoms with Crippen molar-refractivity contribution < 1.29 is 23.0 Å². The summed E-state index contributed by atoms with van der Waals surface area (Å²) >= 11 is 3.12. The molecule has 2 heterocycles. The molecule has 21 heavy (non-hydrogen) atoms. The van der Waals surface area contributed by atoms with Gasteiger partial charge in [0.15, 0.2) is 17.3 Å². The van der Waals surface area contributed by atoms with E-state index in [0.29, 0.717) is 4.47 Å². The van der Waals surface area contributed by atoms with E-state index in [0.717, 1.165) is 0 Å². The minimum Gasteiger partial charge on any atom is -0.461 e. The molecule has 112 valence electrons. The predicted octanol–water partition coefficient (Wildman–Crippen LogP) is 2.81. The van der Waals surface area contributed by atoms with E-state index in [-0.39, 0.29) is 23.9 Å². The van der Waals surface area contributed by atoms with Crippen LogP contribution in [0.1, 0.15) is 17.4 Å². The van der Waals surface area contributed by atoms with Crippen LogP contribution in [0.3, 0.4) is 0 Å². The van der Waals surface area contributed by atoms with Gasteiger partial charge in [-0.25, -0.2) is 14.8 Å². The maximum absolute atomic E-state index is 12.4. The van der Waals surface area contributed by atoms with Gasteiger partial charge in [-0.2, -0.15) is 8.78 Å². The predicted molar refractivity (Wildman–Crippen MR) is 71.6 cm³/mol. The Balaban J connectivity index is 2.35. The second kappa shape index (κ2) is 6.61. The van der Waals surface area contributed by atoms with Crippen molar-refractivity contribution in [2.75, 3.05) is 6.61 Å². The Morgan fingerprint density at radius 1 is 1.48 bits per heavy atom. The number of hydrogen-bond acceptors (Lipinski definition) is 5. The molecule has 2 rings (SSSR count). The molecule has 0 aliphatic heterocycles. The van der Waals surface area contributed by atoms with Gasteiger partial charge in [0.25, 0.3) is 0 Å². The number of pyridine rings is 1. The van der Waals surface area contributed by atoms with Crippen LogP contribution in [0.4, 0.5) is 8.78 Å². The number of imidazole rings is 1. The van der Waals surface area contributed by atoms with Crippen molar-refractivity contribution in [3.05, 3.63) is 35.0 Å². The van der Waals surface area contributed by atoms with Gasteiger partial charge in [-0.1, -0.05) is 0 Å². The minimum atomic E-state index is -2.99. The molecule has 6 nitrogen and oxygen atoms in total. The topological polar surface area (TPSA) is 66.2 Å². The van der Waals surface area contributed by atoms with Crippen LogP contribution in [0, 0.1) is 0 Å². The van der Waals surface area contributed by atoms with Gasteiger partial charge in [-0.05, 0) is 22.9 Å². The van der Waals surface area contributed by atoms with Crippen LogP contribution in [0.2, 0.25) is 0 Å². The fourth-order valence-electron chi connectivity index (χ4n) is 1.54. The normalized spacial score (nSPS) is 10.7. The van der Waals surface area contributed by atoms with Crippen LogP contribution < -0.4 is 4.74 Å². The monoisotopic (exact) mass is 361 g/mol. The lowest BCUT2D eigenvalue weighted by Crippen LogP contribution is -2.07. The van der Waals surface area contributed by atoms with E-state index < -0.39 is 12.6 Å².